The highest BCUT2D eigenvalue weighted by molar-refractivity contribution is 5.82. The van der Waals surface area contributed by atoms with Gasteiger partial charge in [0.2, 0.25) is 5.91 Å². The largest absolute Gasteiger partial charge is 0.354 e. The fourth-order valence-corrected chi connectivity index (χ4v) is 1.53. The third-order valence-electron chi connectivity index (χ3n) is 2.52. The quantitative estimate of drug-likeness (QED) is 0.716. The van der Waals surface area contributed by atoms with Crippen molar-refractivity contribution in [3.63, 3.8) is 0 Å². The van der Waals surface area contributed by atoms with Crippen molar-refractivity contribution in [1.82, 2.24) is 10.2 Å². The molecule has 0 aromatic heterocycles. The van der Waals surface area contributed by atoms with E-state index < -0.39 is 6.04 Å². The summed E-state index contributed by atoms with van der Waals surface area (Å²) in [5, 5.41) is 2.85. The average Bonchev–Trinajstić information content (AvgIpc) is 2.34. The predicted octanol–water partition coefficient (Wildman–Crippen LogP) is 0.754. The second kappa shape index (κ2) is 7.04. The van der Waals surface area contributed by atoms with E-state index in [0.29, 0.717) is 6.54 Å². The third kappa shape index (κ3) is 4.97. The maximum atomic E-state index is 11.7. The average molecular weight is 235 g/mol. The molecule has 0 saturated heterocycles. The highest BCUT2D eigenvalue weighted by atomic mass is 16.2. The molecule has 0 aliphatic rings. The Kier molecular flexibility index (Phi) is 5.66. The molecule has 1 amide bonds. The molecule has 0 radical (unpaired) electrons. The van der Waals surface area contributed by atoms with Crippen LogP contribution in [0.25, 0.3) is 0 Å². The zero-order valence-corrected chi connectivity index (χ0v) is 10.5. The van der Waals surface area contributed by atoms with Crippen molar-refractivity contribution in [1.29, 1.82) is 0 Å². The number of hydrogen-bond acceptors (Lipinski definition) is 3. The summed E-state index contributed by atoms with van der Waals surface area (Å²) >= 11 is 0. The van der Waals surface area contributed by atoms with Crippen LogP contribution in [0.1, 0.15) is 18.0 Å². The van der Waals surface area contributed by atoms with Gasteiger partial charge in [0, 0.05) is 6.54 Å². The van der Waals surface area contributed by atoms with Gasteiger partial charge in [-0.25, -0.2) is 0 Å². The van der Waals surface area contributed by atoms with Crippen LogP contribution in [0.5, 0.6) is 0 Å². The molecule has 0 heterocycles. The van der Waals surface area contributed by atoms with Gasteiger partial charge in [0.15, 0.2) is 0 Å². The monoisotopic (exact) mass is 235 g/mol. The molecule has 1 rings (SSSR count). The molecule has 1 atom stereocenters. The van der Waals surface area contributed by atoms with E-state index >= 15 is 0 Å². The van der Waals surface area contributed by atoms with Gasteiger partial charge in [0.05, 0.1) is 0 Å². The first-order valence-electron chi connectivity index (χ1n) is 5.84. The summed E-state index contributed by atoms with van der Waals surface area (Å²) < 4.78 is 0. The number of nitrogens with one attached hydrogen (secondary N) is 1. The van der Waals surface area contributed by atoms with Crippen molar-refractivity contribution in [3.8, 4) is 0 Å². The lowest BCUT2D eigenvalue weighted by atomic mass is 10.1. The molecule has 0 unspecified atom stereocenters. The molecule has 17 heavy (non-hydrogen) atoms. The first-order chi connectivity index (χ1) is 8.11. The zero-order valence-electron chi connectivity index (χ0n) is 10.5. The van der Waals surface area contributed by atoms with Crippen LogP contribution in [0.15, 0.2) is 30.3 Å². The number of hydrogen-bond donors (Lipinski definition) is 2. The normalized spacial score (nSPS) is 12.5. The van der Waals surface area contributed by atoms with E-state index in [1.54, 1.807) is 0 Å². The van der Waals surface area contributed by atoms with Crippen molar-refractivity contribution in [2.24, 2.45) is 5.73 Å². The summed E-state index contributed by atoms with van der Waals surface area (Å²) in [5.74, 6) is -0.116. The van der Waals surface area contributed by atoms with Crippen molar-refractivity contribution >= 4 is 5.91 Å². The van der Waals surface area contributed by atoms with E-state index in [9.17, 15) is 4.79 Å². The maximum Gasteiger partial charge on any atom is 0.241 e. The summed E-state index contributed by atoms with van der Waals surface area (Å²) in [4.78, 5) is 13.8. The van der Waals surface area contributed by atoms with Gasteiger partial charge in [-0.2, -0.15) is 0 Å². The Balaban J connectivity index is 2.33. The number of carbonyl (C=O) groups is 1. The van der Waals surface area contributed by atoms with Crippen molar-refractivity contribution in [2.45, 2.75) is 12.5 Å². The lowest BCUT2D eigenvalue weighted by molar-refractivity contribution is -0.122. The summed E-state index contributed by atoms with van der Waals surface area (Å²) in [5.41, 5.74) is 6.70. The highest BCUT2D eigenvalue weighted by Gasteiger charge is 2.14. The van der Waals surface area contributed by atoms with Crippen LogP contribution < -0.4 is 11.1 Å². The minimum Gasteiger partial charge on any atom is -0.354 e. The zero-order chi connectivity index (χ0) is 12.7. The lowest BCUT2D eigenvalue weighted by Crippen LogP contribution is -2.35. The highest BCUT2D eigenvalue weighted by Crippen LogP contribution is 2.08. The van der Waals surface area contributed by atoms with Crippen LogP contribution in [0.2, 0.25) is 0 Å². The number of nitrogens with zero attached hydrogens (tertiary/aromatic N) is 1. The van der Waals surface area contributed by atoms with Crippen LogP contribution in [0.3, 0.4) is 0 Å². The first kappa shape index (κ1) is 13.7. The Hall–Kier alpha value is -1.39. The number of rotatable bonds is 6. The Morgan fingerprint density at radius 2 is 2.00 bits per heavy atom. The fourth-order valence-electron chi connectivity index (χ4n) is 1.53. The molecule has 3 N–H and O–H groups in total. The van der Waals surface area contributed by atoms with Crippen molar-refractivity contribution in [3.05, 3.63) is 35.9 Å². The van der Waals surface area contributed by atoms with Crippen LogP contribution in [-0.2, 0) is 4.79 Å². The van der Waals surface area contributed by atoms with Gasteiger partial charge >= 0.3 is 0 Å². The van der Waals surface area contributed by atoms with Gasteiger partial charge in [0.1, 0.15) is 6.04 Å². The van der Waals surface area contributed by atoms with Gasteiger partial charge in [-0.15, -0.1) is 0 Å². The maximum absolute atomic E-state index is 11.7. The van der Waals surface area contributed by atoms with E-state index in [1.807, 2.05) is 44.4 Å². The predicted molar refractivity (Wildman–Crippen MR) is 69.6 cm³/mol. The summed E-state index contributed by atoms with van der Waals surface area (Å²) in [7, 11) is 4.02. The minimum absolute atomic E-state index is 0.116. The van der Waals surface area contributed by atoms with Crippen LogP contribution in [0, 0.1) is 0 Å². The number of nitrogens with two attached hydrogens (primary N) is 1. The smallest absolute Gasteiger partial charge is 0.241 e. The van der Waals surface area contributed by atoms with E-state index in [-0.39, 0.29) is 5.91 Å². The van der Waals surface area contributed by atoms with Gasteiger partial charge in [-0.05, 0) is 32.6 Å². The molecule has 4 nitrogen and oxygen atoms in total. The van der Waals surface area contributed by atoms with Gasteiger partial charge < -0.3 is 16.0 Å². The fraction of sp³-hybridized carbons (Fsp3) is 0.462. The van der Waals surface area contributed by atoms with E-state index in [4.69, 9.17) is 5.73 Å². The topological polar surface area (TPSA) is 58.4 Å². The number of carbonyl (C=O) groups excluding carboxylic acids is 1. The SMILES string of the molecule is CN(C)CCCNC(=O)[C@@H](N)c1ccccc1. The first-order valence-corrected chi connectivity index (χ1v) is 5.84. The molecule has 0 fully saturated rings. The molecule has 0 bridgehead atoms. The molecular weight excluding hydrogens is 214 g/mol. The number of benzene rings is 1. The van der Waals surface area contributed by atoms with Crippen LogP contribution >= 0.6 is 0 Å². The molecule has 94 valence electrons. The van der Waals surface area contributed by atoms with E-state index in [0.717, 1.165) is 18.5 Å². The molecule has 0 aliphatic carbocycles. The van der Waals surface area contributed by atoms with Gasteiger partial charge in [0.25, 0.3) is 0 Å². The molecular formula is C13H21N3O. The molecule has 0 spiro atoms. The van der Waals surface area contributed by atoms with Crippen molar-refractivity contribution in [2.75, 3.05) is 27.2 Å². The van der Waals surface area contributed by atoms with Gasteiger partial charge in [-0.1, -0.05) is 30.3 Å². The van der Waals surface area contributed by atoms with Gasteiger partial charge in [-0.3, -0.25) is 4.79 Å². The van der Waals surface area contributed by atoms with E-state index in [1.165, 1.54) is 0 Å². The summed E-state index contributed by atoms with van der Waals surface area (Å²) in [6, 6.07) is 8.83. The van der Waals surface area contributed by atoms with Crippen molar-refractivity contribution < 1.29 is 4.79 Å². The Labute approximate surface area is 103 Å². The van der Waals surface area contributed by atoms with Crippen LogP contribution in [0.4, 0.5) is 0 Å². The second-order valence-corrected chi connectivity index (χ2v) is 4.34. The molecule has 0 aliphatic heterocycles. The minimum atomic E-state index is -0.574. The molecule has 1 aromatic rings. The summed E-state index contributed by atoms with van der Waals surface area (Å²) in [6.45, 7) is 1.62. The molecule has 0 saturated carbocycles. The Morgan fingerprint density at radius 3 is 2.59 bits per heavy atom. The Bertz CT molecular complexity index is 338. The second-order valence-electron chi connectivity index (χ2n) is 4.34. The summed E-state index contributed by atoms with van der Waals surface area (Å²) in [6.07, 6.45) is 0.931. The lowest BCUT2D eigenvalue weighted by Gasteiger charge is -2.13. The number of amides is 1. The Morgan fingerprint density at radius 1 is 1.35 bits per heavy atom. The van der Waals surface area contributed by atoms with Crippen LogP contribution in [-0.4, -0.2) is 38.0 Å². The molecule has 4 heteroatoms. The van der Waals surface area contributed by atoms with E-state index in [2.05, 4.69) is 10.2 Å². The standard InChI is InChI=1S/C13H21N3O/c1-16(2)10-6-9-15-13(17)12(14)11-7-4-3-5-8-11/h3-5,7-8,12H,6,9-10,14H2,1-2H3,(H,15,17)/t12-/m0/s1. The third-order valence-corrected chi connectivity index (χ3v) is 2.52. The molecule has 1 aromatic carbocycles.